The minimum atomic E-state index is -0.290. The number of anilines is 1. The number of pyridine rings is 1. The van der Waals surface area contributed by atoms with Gasteiger partial charge in [-0.2, -0.15) is 0 Å². The second-order valence-electron chi connectivity index (χ2n) is 7.75. The highest BCUT2D eigenvalue weighted by molar-refractivity contribution is 7.10. The zero-order valence-electron chi connectivity index (χ0n) is 17.2. The molecule has 3 aromatic rings. The summed E-state index contributed by atoms with van der Waals surface area (Å²) in [5.41, 5.74) is 3.02. The molecule has 2 atom stereocenters. The zero-order valence-corrected chi connectivity index (χ0v) is 18.0. The fraction of sp³-hybridized carbons (Fsp3) is 0.292. The second kappa shape index (κ2) is 8.79. The van der Waals surface area contributed by atoms with Gasteiger partial charge in [-0.25, -0.2) is 0 Å². The minimum Gasteiger partial charge on any atom is -0.341 e. The molecular formula is C24H25N3O2S. The molecular weight excluding hydrogens is 394 g/mol. The summed E-state index contributed by atoms with van der Waals surface area (Å²) in [6, 6.07) is 15.5. The first-order chi connectivity index (χ1) is 14.5. The molecule has 0 N–H and O–H groups in total. The number of hydrogen-bond donors (Lipinski definition) is 0. The molecule has 1 aliphatic rings. The summed E-state index contributed by atoms with van der Waals surface area (Å²) in [4.78, 5) is 35.2. The van der Waals surface area contributed by atoms with Crippen molar-refractivity contribution in [2.45, 2.75) is 32.4 Å². The van der Waals surface area contributed by atoms with E-state index in [0.29, 0.717) is 19.4 Å². The van der Waals surface area contributed by atoms with Gasteiger partial charge in [-0.3, -0.25) is 14.6 Å². The van der Waals surface area contributed by atoms with Gasteiger partial charge in [-0.05, 0) is 54.6 Å². The van der Waals surface area contributed by atoms with Crippen LogP contribution in [0.4, 0.5) is 5.69 Å². The molecule has 0 aliphatic carbocycles. The number of benzene rings is 1. The lowest BCUT2D eigenvalue weighted by Gasteiger charge is -2.41. The topological polar surface area (TPSA) is 53.5 Å². The molecule has 0 radical (unpaired) electrons. The number of aromatic nitrogens is 1. The molecule has 3 heterocycles. The lowest BCUT2D eigenvalue weighted by Crippen LogP contribution is -2.48. The number of carbonyl (C=O) groups excluding carboxylic acids is 2. The SMILES string of the molecule is Cc1ccc(N2C(=O)CCC(C(=O)N(C)Cc3ccncc3)C2c2cccs2)cc1. The molecule has 4 rings (SSSR count). The molecule has 5 nitrogen and oxygen atoms in total. The molecule has 0 spiro atoms. The molecule has 6 heteroatoms. The smallest absolute Gasteiger partial charge is 0.228 e. The van der Waals surface area contributed by atoms with Crippen molar-refractivity contribution in [3.8, 4) is 0 Å². The van der Waals surface area contributed by atoms with Crippen LogP contribution in [0.5, 0.6) is 0 Å². The number of carbonyl (C=O) groups is 2. The highest BCUT2D eigenvalue weighted by Crippen LogP contribution is 2.42. The maximum absolute atomic E-state index is 13.5. The van der Waals surface area contributed by atoms with E-state index in [1.165, 1.54) is 0 Å². The van der Waals surface area contributed by atoms with Gasteiger partial charge in [-0.15, -0.1) is 11.3 Å². The number of nitrogens with zero attached hydrogens (tertiary/aromatic N) is 3. The average molecular weight is 420 g/mol. The van der Waals surface area contributed by atoms with Gasteiger partial charge >= 0.3 is 0 Å². The van der Waals surface area contributed by atoms with Crippen molar-refractivity contribution >= 4 is 28.8 Å². The lowest BCUT2D eigenvalue weighted by atomic mass is 9.86. The van der Waals surface area contributed by atoms with Crippen LogP contribution in [0.25, 0.3) is 0 Å². The Kier molecular flexibility index (Phi) is 5.95. The van der Waals surface area contributed by atoms with E-state index in [-0.39, 0.29) is 23.8 Å². The summed E-state index contributed by atoms with van der Waals surface area (Å²) in [5, 5.41) is 2.00. The van der Waals surface area contributed by atoms with Gasteiger partial charge in [0.15, 0.2) is 0 Å². The predicted molar refractivity (Wildman–Crippen MR) is 119 cm³/mol. The van der Waals surface area contributed by atoms with Crippen LogP contribution in [0.15, 0.2) is 66.3 Å². The fourth-order valence-corrected chi connectivity index (χ4v) is 4.95. The van der Waals surface area contributed by atoms with Gasteiger partial charge in [0.25, 0.3) is 0 Å². The van der Waals surface area contributed by atoms with Crippen molar-refractivity contribution in [1.82, 2.24) is 9.88 Å². The van der Waals surface area contributed by atoms with Crippen molar-refractivity contribution in [1.29, 1.82) is 0 Å². The molecule has 154 valence electrons. The van der Waals surface area contributed by atoms with Crippen molar-refractivity contribution in [3.05, 3.63) is 82.3 Å². The standard InChI is InChI=1S/C24H25N3O2S/c1-17-5-7-19(8-6-17)27-22(28)10-9-20(23(27)21-4-3-15-30-21)24(29)26(2)16-18-11-13-25-14-12-18/h3-8,11-15,20,23H,9-10,16H2,1-2H3. The Balaban J connectivity index is 1.66. The Morgan fingerprint density at radius 1 is 1.17 bits per heavy atom. The Labute approximate surface area is 181 Å². The monoisotopic (exact) mass is 419 g/mol. The van der Waals surface area contributed by atoms with Crippen molar-refractivity contribution in [2.24, 2.45) is 5.92 Å². The van der Waals surface area contributed by atoms with Crippen LogP contribution < -0.4 is 4.90 Å². The van der Waals surface area contributed by atoms with Gasteiger partial charge in [0, 0.05) is 43.0 Å². The van der Waals surface area contributed by atoms with E-state index in [9.17, 15) is 9.59 Å². The highest BCUT2D eigenvalue weighted by Gasteiger charge is 2.42. The summed E-state index contributed by atoms with van der Waals surface area (Å²) in [6.45, 7) is 2.55. The van der Waals surface area contributed by atoms with E-state index < -0.39 is 0 Å². The Morgan fingerprint density at radius 2 is 1.90 bits per heavy atom. The quantitative estimate of drug-likeness (QED) is 0.608. The average Bonchev–Trinajstić information content (AvgIpc) is 3.29. The fourth-order valence-electron chi connectivity index (χ4n) is 4.07. The van der Waals surface area contributed by atoms with Crippen LogP contribution in [0.2, 0.25) is 0 Å². The minimum absolute atomic E-state index is 0.0647. The Morgan fingerprint density at radius 3 is 2.57 bits per heavy atom. The van der Waals surface area contributed by atoms with Crippen LogP contribution in [0, 0.1) is 12.8 Å². The summed E-state index contributed by atoms with van der Waals surface area (Å²) < 4.78 is 0. The van der Waals surface area contributed by atoms with Crippen molar-refractivity contribution in [3.63, 3.8) is 0 Å². The lowest BCUT2D eigenvalue weighted by molar-refractivity contribution is -0.137. The van der Waals surface area contributed by atoms with E-state index in [1.54, 1.807) is 28.6 Å². The maximum atomic E-state index is 13.5. The third kappa shape index (κ3) is 4.14. The number of aryl methyl sites for hydroxylation is 1. The van der Waals surface area contributed by atoms with Gasteiger partial charge < -0.3 is 9.80 Å². The van der Waals surface area contributed by atoms with E-state index in [4.69, 9.17) is 0 Å². The molecule has 2 aromatic heterocycles. The molecule has 30 heavy (non-hydrogen) atoms. The number of rotatable bonds is 5. The van der Waals surface area contributed by atoms with Crippen molar-refractivity contribution in [2.75, 3.05) is 11.9 Å². The summed E-state index contributed by atoms with van der Waals surface area (Å²) in [6.07, 6.45) is 4.40. The normalized spacial score (nSPS) is 19.0. The van der Waals surface area contributed by atoms with Crippen LogP contribution in [0.3, 0.4) is 0 Å². The summed E-state index contributed by atoms with van der Waals surface area (Å²) in [5.74, 6) is -0.151. The molecule has 1 fully saturated rings. The van der Waals surface area contributed by atoms with Crippen LogP contribution in [0.1, 0.15) is 34.9 Å². The molecule has 2 amide bonds. The largest absolute Gasteiger partial charge is 0.341 e. The van der Waals surface area contributed by atoms with Gasteiger partial charge in [0.2, 0.25) is 11.8 Å². The second-order valence-corrected chi connectivity index (χ2v) is 8.73. The first-order valence-corrected chi connectivity index (χ1v) is 11.0. The third-order valence-electron chi connectivity index (χ3n) is 5.61. The number of thiophene rings is 1. The molecule has 1 saturated heterocycles. The Bertz CT molecular complexity index is 1000. The van der Waals surface area contributed by atoms with Crippen LogP contribution >= 0.6 is 11.3 Å². The van der Waals surface area contributed by atoms with Gasteiger partial charge in [0.1, 0.15) is 0 Å². The molecule has 0 saturated carbocycles. The number of amides is 2. The number of piperidine rings is 1. The first-order valence-electron chi connectivity index (χ1n) is 10.1. The van der Waals surface area contributed by atoms with E-state index in [2.05, 4.69) is 4.98 Å². The Hall–Kier alpha value is -2.99. The highest BCUT2D eigenvalue weighted by atomic mass is 32.1. The zero-order chi connectivity index (χ0) is 21.1. The summed E-state index contributed by atoms with van der Waals surface area (Å²) >= 11 is 1.60. The number of hydrogen-bond acceptors (Lipinski definition) is 4. The van der Waals surface area contributed by atoms with E-state index in [1.807, 2.05) is 72.8 Å². The van der Waals surface area contributed by atoms with Crippen molar-refractivity contribution < 1.29 is 9.59 Å². The molecule has 1 aliphatic heterocycles. The molecule has 0 bridgehead atoms. The van der Waals surface area contributed by atoms with Crippen LogP contribution in [-0.4, -0.2) is 28.7 Å². The van der Waals surface area contributed by atoms with Gasteiger partial charge in [0.05, 0.1) is 12.0 Å². The van der Waals surface area contributed by atoms with E-state index in [0.717, 1.165) is 21.7 Å². The maximum Gasteiger partial charge on any atom is 0.228 e. The van der Waals surface area contributed by atoms with Crippen LogP contribution in [-0.2, 0) is 16.1 Å². The van der Waals surface area contributed by atoms with E-state index >= 15 is 0 Å². The van der Waals surface area contributed by atoms with Gasteiger partial charge in [-0.1, -0.05) is 23.8 Å². The third-order valence-corrected chi connectivity index (χ3v) is 6.55. The first kappa shape index (κ1) is 20.3. The predicted octanol–water partition coefficient (Wildman–Crippen LogP) is 4.59. The molecule has 2 unspecified atom stereocenters. The summed E-state index contributed by atoms with van der Waals surface area (Å²) in [7, 11) is 1.83. The molecule has 1 aromatic carbocycles.